The van der Waals surface area contributed by atoms with E-state index in [9.17, 15) is 4.79 Å². The molecule has 0 atom stereocenters. The second-order valence-electron chi connectivity index (χ2n) is 1.71. The summed E-state index contributed by atoms with van der Waals surface area (Å²) in [4.78, 5) is 10.0. The molecule has 0 aromatic rings. The van der Waals surface area contributed by atoms with Crippen LogP contribution in [0.15, 0.2) is 11.8 Å². The summed E-state index contributed by atoms with van der Waals surface area (Å²) in [6.45, 7) is 0. The SMILES string of the molecule is CNC(=CCC(=O)O)CCl. The van der Waals surface area contributed by atoms with Gasteiger partial charge >= 0.3 is 5.97 Å². The summed E-state index contributed by atoms with van der Waals surface area (Å²) in [6, 6.07) is 0. The molecule has 0 aliphatic heterocycles. The first-order valence-electron chi connectivity index (χ1n) is 2.85. The van der Waals surface area contributed by atoms with E-state index in [0.717, 1.165) is 5.70 Å². The summed E-state index contributed by atoms with van der Waals surface area (Å²) in [6.07, 6.45) is 1.57. The van der Waals surface area contributed by atoms with Crippen molar-refractivity contribution in [2.75, 3.05) is 12.9 Å². The molecule has 0 bridgehead atoms. The van der Waals surface area contributed by atoms with Crippen molar-refractivity contribution in [3.63, 3.8) is 0 Å². The van der Waals surface area contributed by atoms with Gasteiger partial charge in [0.25, 0.3) is 0 Å². The van der Waals surface area contributed by atoms with Gasteiger partial charge in [-0.15, -0.1) is 11.6 Å². The molecule has 0 aromatic heterocycles. The van der Waals surface area contributed by atoms with Gasteiger partial charge in [0, 0.05) is 12.7 Å². The van der Waals surface area contributed by atoms with Crippen LogP contribution in [0, 0.1) is 0 Å². The summed E-state index contributed by atoms with van der Waals surface area (Å²) in [5.74, 6) is -0.526. The van der Waals surface area contributed by atoms with Gasteiger partial charge in [-0.25, -0.2) is 0 Å². The molecule has 0 spiro atoms. The zero-order valence-electron chi connectivity index (χ0n) is 5.72. The summed E-state index contributed by atoms with van der Waals surface area (Å²) in [5, 5.41) is 11.0. The molecular formula is C6H10ClNO2. The fraction of sp³-hybridized carbons (Fsp3) is 0.500. The molecule has 0 aromatic carbocycles. The number of carbonyl (C=O) groups is 1. The Bertz CT molecular complexity index is 139. The van der Waals surface area contributed by atoms with Gasteiger partial charge in [-0.1, -0.05) is 6.08 Å². The van der Waals surface area contributed by atoms with E-state index in [0.29, 0.717) is 5.88 Å². The minimum Gasteiger partial charge on any atom is -0.481 e. The van der Waals surface area contributed by atoms with Crippen molar-refractivity contribution in [1.29, 1.82) is 0 Å². The number of carboxylic acid groups (broad SMARTS) is 1. The smallest absolute Gasteiger partial charge is 0.307 e. The third-order valence-corrected chi connectivity index (χ3v) is 1.28. The molecule has 3 nitrogen and oxygen atoms in total. The van der Waals surface area contributed by atoms with Crippen molar-refractivity contribution in [1.82, 2.24) is 5.32 Å². The maximum atomic E-state index is 10.0. The van der Waals surface area contributed by atoms with Gasteiger partial charge in [0.1, 0.15) is 0 Å². The molecule has 2 N–H and O–H groups in total. The standard InChI is InChI=1S/C6H10ClNO2/c1-8-5(4-7)2-3-6(9)10/h2,8H,3-4H2,1H3,(H,9,10). The fourth-order valence-corrected chi connectivity index (χ4v) is 0.677. The second kappa shape index (κ2) is 5.11. The van der Waals surface area contributed by atoms with Crippen molar-refractivity contribution >= 4 is 17.6 Å². The Morgan fingerprint density at radius 2 is 2.40 bits per heavy atom. The lowest BCUT2D eigenvalue weighted by Crippen LogP contribution is -2.07. The minimum absolute atomic E-state index is 0.0168. The molecule has 0 saturated carbocycles. The first-order chi connectivity index (χ1) is 4.70. The maximum Gasteiger partial charge on any atom is 0.307 e. The van der Waals surface area contributed by atoms with Gasteiger partial charge in [0.05, 0.1) is 12.3 Å². The van der Waals surface area contributed by atoms with E-state index in [4.69, 9.17) is 16.7 Å². The Morgan fingerprint density at radius 3 is 2.70 bits per heavy atom. The number of hydrogen-bond acceptors (Lipinski definition) is 2. The van der Waals surface area contributed by atoms with Gasteiger partial charge in [-0.3, -0.25) is 4.79 Å². The van der Waals surface area contributed by atoms with Crippen LogP contribution in [0.25, 0.3) is 0 Å². The van der Waals surface area contributed by atoms with Crippen LogP contribution in [-0.2, 0) is 4.79 Å². The predicted octanol–water partition coefficient (Wildman–Crippen LogP) is 0.803. The topological polar surface area (TPSA) is 49.3 Å². The highest BCUT2D eigenvalue weighted by Crippen LogP contribution is 1.94. The quantitative estimate of drug-likeness (QED) is 0.603. The molecule has 0 fully saturated rings. The largest absolute Gasteiger partial charge is 0.481 e. The van der Waals surface area contributed by atoms with Gasteiger partial charge in [-0.2, -0.15) is 0 Å². The fourth-order valence-electron chi connectivity index (χ4n) is 0.434. The van der Waals surface area contributed by atoms with Crippen LogP contribution in [-0.4, -0.2) is 24.0 Å². The predicted molar refractivity (Wildman–Crippen MR) is 40.1 cm³/mol. The molecule has 0 amide bonds. The normalized spacial score (nSPS) is 11.2. The molecule has 0 rings (SSSR count). The van der Waals surface area contributed by atoms with Crippen molar-refractivity contribution < 1.29 is 9.90 Å². The third-order valence-electron chi connectivity index (χ3n) is 0.988. The van der Waals surface area contributed by atoms with Crippen molar-refractivity contribution in [2.45, 2.75) is 6.42 Å². The Hall–Kier alpha value is -0.700. The van der Waals surface area contributed by atoms with Crippen LogP contribution >= 0.6 is 11.6 Å². The van der Waals surface area contributed by atoms with Crippen molar-refractivity contribution in [3.05, 3.63) is 11.8 Å². The van der Waals surface area contributed by atoms with E-state index in [1.165, 1.54) is 0 Å². The molecule has 0 aliphatic rings. The molecule has 0 saturated heterocycles. The van der Waals surface area contributed by atoms with Crippen LogP contribution in [0.5, 0.6) is 0 Å². The molecule has 0 aliphatic carbocycles. The zero-order valence-corrected chi connectivity index (χ0v) is 6.48. The van der Waals surface area contributed by atoms with Crippen LogP contribution in [0.1, 0.15) is 6.42 Å². The molecular weight excluding hydrogens is 154 g/mol. The number of nitrogens with one attached hydrogen (secondary N) is 1. The van der Waals surface area contributed by atoms with E-state index >= 15 is 0 Å². The Balaban J connectivity index is 3.74. The Labute approximate surface area is 64.7 Å². The number of halogens is 1. The van der Waals surface area contributed by atoms with Crippen LogP contribution in [0.3, 0.4) is 0 Å². The molecule has 0 heterocycles. The lowest BCUT2D eigenvalue weighted by Gasteiger charge is -1.98. The Morgan fingerprint density at radius 1 is 1.80 bits per heavy atom. The first-order valence-corrected chi connectivity index (χ1v) is 3.38. The van der Waals surface area contributed by atoms with E-state index in [-0.39, 0.29) is 6.42 Å². The van der Waals surface area contributed by atoms with Crippen molar-refractivity contribution in [2.24, 2.45) is 0 Å². The van der Waals surface area contributed by atoms with Gasteiger partial charge < -0.3 is 10.4 Å². The monoisotopic (exact) mass is 163 g/mol. The summed E-state index contributed by atoms with van der Waals surface area (Å²) < 4.78 is 0. The van der Waals surface area contributed by atoms with E-state index in [1.54, 1.807) is 13.1 Å². The Kier molecular flexibility index (Phi) is 4.76. The number of allylic oxidation sites excluding steroid dienone is 1. The number of rotatable bonds is 4. The van der Waals surface area contributed by atoms with E-state index < -0.39 is 5.97 Å². The van der Waals surface area contributed by atoms with Crippen LogP contribution in [0.2, 0.25) is 0 Å². The number of aliphatic carboxylic acids is 1. The third kappa shape index (κ3) is 4.21. The molecule has 0 radical (unpaired) electrons. The van der Waals surface area contributed by atoms with Crippen molar-refractivity contribution in [3.8, 4) is 0 Å². The average molecular weight is 164 g/mol. The van der Waals surface area contributed by atoms with Crippen LogP contribution < -0.4 is 5.32 Å². The van der Waals surface area contributed by atoms with Crippen LogP contribution in [0.4, 0.5) is 0 Å². The molecule has 10 heavy (non-hydrogen) atoms. The second-order valence-corrected chi connectivity index (χ2v) is 1.98. The van der Waals surface area contributed by atoms with Gasteiger partial charge in [0.15, 0.2) is 0 Å². The minimum atomic E-state index is -0.849. The average Bonchev–Trinajstić information content (AvgIpc) is 1.90. The highest BCUT2D eigenvalue weighted by molar-refractivity contribution is 6.19. The lowest BCUT2D eigenvalue weighted by molar-refractivity contribution is -0.136. The highest BCUT2D eigenvalue weighted by atomic mass is 35.5. The summed E-state index contributed by atoms with van der Waals surface area (Å²) in [7, 11) is 1.70. The lowest BCUT2D eigenvalue weighted by atomic mass is 10.3. The summed E-state index contributed by atoms with van der Waals surface area (Å²) >= 11 is 5.43. The van der Waals surface area contributed by atoms with E-state index in [1.807, 2.05) is 0 Å². The number of carboxylic acids is 1. The van der Waals surface area contributed by atoms with E-state index in [2.05, 4.69) is 5.32 Å². The zero-order chi connectivity index (χ0) is 7.98. The number of alkyl halides is 1. The molecule has 4 heteroatoms. The highest BCUT2D eigenvalue weighted by Gasteiger charge is 1.94. The van der Waals surface area contributed by atoms with Gasteiger partial charge in [0.2, 0.25) is 0 Å². The number of hydrogen-bond donors (Lipinski definition) is 2. The molecule has 58 valence electrons. The summed E-state index contributed by atoms with van der Waals surface area (Å²) in [5.41, 5.74) is 0.740. The maximum absolute atomic E-state index is 10.0. The molecule has 0 unspecified atom stereocenters. The first kappa shape index (κ1) is 9.30. The van der Waals surface area contributed by atoms with Gasteiger partial charge in [-0.05, 0) is 0 Å².